The van der Waals surface area contributed by atoms with Crippen LogP contribution in [0.15, 0.2) is 42.9 Å². The predicted molar refractivity (Wildman–Crippen MR) is 74.0 cm³/mol. The minimum Gasteiger partial charge on any atom is -0.264 e. The Labute approximate surface area is 113 Å². The van der Waals surface area contributed by atoms with E-state index in [9.17, 15) is 0 Å². The van der Waals surface area contributed by atoms with Crippen LogP contribution in [0.25, 0.3) is 16.5 Å². The van der Waals surface area contributed by atoms with E-state index in [-0.39, 0.29) is 4.83 Å². The van der Waals surface area contributed by atoms with Crippen LogP contribution in [0.4, 0.5) is 0 Å². The second kappa shape index (κ2) is 4.49. The van der Waals surface area contributed by atoms with Crippen LogP contribution < -0.4 is 0 Å². The molecule has 0 bridgehead atoms. The molecular formula is C13H11BrN4. The molecule has 4 nitrogen and oxygen atoms in total. The van der Waals surface area contributed by atoms with E-state index in [4.69, 9.17) is 0 Å². The molecule has 0 spiro atoms. The maximum atomic E-state index is 4.17. The molecule has 5 heteroatoms. The summed E-state index contributed by atoms with van der Waals surface area (Å²) in [4.78, 5) is 4.33. The standard InChI is InChI=1S/C13H11BrN4/c1-9(14)12-8-18(17-16-12)13-4-2-3-10-7-15-6-5-11(10)13/h2-9H,1H3. The first-order valence-corrected chi connectivity index (χ1v) is 6.57. The van der Waals surface area contributed by atoms with E-state index in [0.717, 1.165) is 22.2 Å². The Morgan fingerprint density at radius 3 is 2.94 bits per heavy atom. The monoisotopic (exact) mass is 302 g/mol. The van der Waals surface area contributed by atoms with Crippen molar-refractivity contribution in [2.45, 2.75) is 11.8 Å². The number of aromatic nitrogens is 4. The van der Waals surface area contributed by atoms with Crippen molar-refractivity contribution in [2.75, 3.05) is 0 Å². The van der Waals surface area contributed by atoms with Crippen molar-refractivity contribution in [3.63, 3.8) is 0 Å². The van der Waals surface area contributed by atoms with E-state index < -0.39 is 0 Å². The summed E-state index contributed by atoms with van der Waals surface area (Å²) in [5.74, 6) is 0. The van der Waals surface area contributed by atoms with Crippen LogP contribution in [0.2, 0.25) is 0 Å². The second-order valence-corrected chi connectivity index (χ2v) is 5.45. The lowest BCUT2D eigenvalue weighted by atomic mass is 10.1. The van der Waals surface area contributed by atoms with Gasteiger partial charge in [0.2, 0.25) is 0 Å². The number of hydrogen-bond acceptors (Lipinski definition) is 3. The van der Waals surface area contributed by atoms with Crippen LogP contribution in [-0.2, 0) is 0 Å². The molecule has 18 heavy (non-hydrogen) atoms. The predicted octanol–water partition coefficient (Wildman–Crippen LogP) is 3.27. The molecule has 2 heterocycles. The number of halogens is 1. The van der Waals surface area contributed by atoms with Gasteiger partial charge in [0.25, 0.3) is 0 Å². The minimum atomic E-state index is 0.197. The first kappa shape index (κ1) is 11.3. The Bertz CT molecular complexity index is 685. The molecular weight excluding hydrogens is 292 g/mol. The zero-order valence-corrected chi connectivity index (χ0v) is 11.4. The van der Waals surface area contributed by atoms with Crippen LogP contribution in [0.1, 0.15) is 17.4 Å². The number of alkyl halides is 1. The lowest BCUT2D eigenvalue weighted by Gasteiger charge is -2.04. The van der Waals surface area contributed by atoms with Gasteiger partial charge in [-0.25, -0.2) is 4.68 Å². The number of benzene rings is 1. The Hall–Kier alpha value is -1.75. The third kappa shape index (κ3) is 1.90. The molecule has 1 aromatic carbocycles. The number of rotatable bonds is 2. The van der Waals surface area contributed by atoms with E-state index in [1.807, 2.05) is 43.6 Å². The summed E-state index contributed by atoms with van der Waals surface area (Å²) in [7, 11) is 0. The summed E-state index contributed by atoms with van der Waals surface area (Å²) in [5, 5.41) is 10.5. The Morgan fingerprint density at radius 2 is 2.17 bits per heavy atom. The van der Waals surface area contributed by atoms with E-state index in [1.165, 1.54) is 0 Å². The number of hydrogen-bond donors (Lipinski definition) is 0. The Kier molecular flexibility index (Phi) is 2.83. The zero-order chi connectivity index (χ0) is 12.5. The van der Waals surface area contributed by atoms with Gasteiger partial charge in [0.1, 0.15) is 0 Å². The zero-order valence-electron chi connectivity index (χ0n) is 9.79. The molecule has 2 aromatic heterocycles. The first-order chi connectivity index (χ1) is 8.75. The average Bonchev–Trinajstić information content (AvgIpc) is 2.87. The van der Waals surface area contributed by atoms with Gasteiger partial charge in [0.15, 0.2) is 0 Å². The van der Waals surface area contributed by atoms with Gasteiger partial charge >= 0.3 is 0 Å². The summed E-state index contributed by atoms with van der Waals surface area (Å²) in [6.45, 7) is 2.03. The van der Waals surface area contributed by atoms with Gasteiger partial charge in [-0.15, -0.1) is 5.10 Å². The van der Waals surface area contributed by atoms with Crippen molar-refractivity contribution in [1.82, 2.24) is 20.0 Å². The third-order valence-corrected chi connectivity index (χ3v) is 3.29. The highest BCUT2D eigenvalue weighted by Crippen LogP contribution is 2.23. The van der Waals surface area contributed by atoms with E-state index in [0.29, 0.717) is 0 Å². The topological polar surface area (TPSA) is 43.6 Å². The molecule has 3 aromatic rings. The van der Waals surface area contributed by atoms with Gasteiger partial charge in [0.05, 0.1) is 22.4 Å². The number of fused-ring (bicyclic) bond motifs is 1. The summed E-state index contributed by atoms with van der Waals surface area (Å²) < 4.78 is 1.80. The van der Waals surface area contributed by atoms with E-state index >= 15 is 0 Å². The lowest BCUT2D eigenvalue weighted by molar-refractivity contribution is 0.802. The summed E-state index contributed by atoms with van der Waals surface area (Å²) in [5.41, 5.74) is 1.93. The summed E-state index contributed by atoms with van der Waals surface area (Å²) in [6.07, 6.45) is 5.58. The van der Waals surface area contributed by atoms with Gasteiger partial charge < -0.3 is 0 Å². The van der Waals surface area contributed by atoms with E-state index in [1.54, 1.807) is 10.9 Å². The normalized spacial score (nSPS) is 12.8. The molecule has 0 saturated heterocycles. The molecule has 0 saturated carbocycles. The van der Waals surface area contributed by atoms with Crippen LogP contribution in [0.5, 0.6) is 0 Å². The van der Waals surface area contributed by atoms with Crippen molar-refractivity contribution in [3.05, 3.63) is 48.5 Å². The molecule has 0 aliphatic heterocycles. The maximum absolute atomic E-state index is 4.17. The Balaban J connectivity index is 2.18. The van der Waals surface area contributed by atoms with Crippen molar-refractivity contribution in [1.29, 1.82) is 0 Å². The molecule has 3 rings (SSSR count). The molecule has 0 aliphatic rings. The van der Waals surface area contributed by atoms with Crippen LogP contribution in [0, 0.1) is 0 Å². The molecule has 0 aliphatic carbocycles. The van der Waals surface area contributed by atoms with Gasteiger partial charge in [-0.05, 0) is 19.1 Å². The highest BCUT2D eigenvalue weighted by atomic mass is 79.9. The number of nitrogens with zero attached hydrogens (tertiary/aromatic N) is 4. The maximum Gasteiger partial charge on any atom is 0.0965 e. The smallest absolute Gasteiger partial charge is 0.0965 e. The van der Waals surface area contributed by atoms with Crippen molar-refractivity contribution in [3.8, 4) is 5.69 Å². The SMILES string of the molecule is CC(Br)c1cn(-c2cccc3cnccc23)nn1. The van der Waals surface area contributed by atoms with Gasteiger partial charge in [-0.3, -0.25) is 4.98 Å². The average molecular weight is 303 g/mol. The second-order valence-electron chi connectivity index (χ2n) is 4.08. The molecule has 0 N–H and O–H groups in total. The molecule has 90 valence electrons. The largest absolute Gasteiger partial charge is 0.264 e. The molecule has 0 radical (unpaired) electrons. The first-order valence-electron chi connectivity index (χ1n) is 5.65. The van der Waals surface area contributed by atoms with Crippen LogP contribution >= 0.6 is 15.9 Å². The fourth-order valence-corrected chi connectivity index (χ4v) is 2.09. The van der Waals surface area contributed by atoms with Crippen molar-refractivity contribution < 1.29 is 0 Å². The van der Waals surface area contributed by atoms with Crippen LogP contribution in [0.3, 0.4) is 0 Å². The summed E-state index contributed by atoms with van der Waals surface area (Å²) in [6, 6.07) is 8.05. The number of pyridine rings is 1. The summed E-state index contributed by atoms with van der Waals surface area (Å²) >= 11 is 3.49. The minimum absolute atomic E-state index is 0.197. The van der Waals surface area contributed by atoms with Crippen molar-refractivity contribution in [2.24, 2.45) is 0 Å². The van der Waals surface area contributed by atoms with E-state index in [2.05, 4.69) is 31.2 Å². The van der Waals surface area contributed by atoms with Crippen molar-refractivity contribution >= 4 is 26.7 Å². The molecule has 1 unspecified atom stereocenters. The molecule has 0 amide bonds. The quantitative estimate of drug-likeness (QED) is 0.682. The van der Waals surface area contributed by atoms with Crippen LogP contribution in [-0.4, -0.2) is 20.0 Å². The molecule has 1 atom stereocenters. The fourth-order valence-electron chi connectivity index (χ4n) is 1.88. The molecule has 0 fully saturated rings. The lowest BCUT2D eigenvalue weighted by Crippen LogP contribution is -1.96. The van der Waals surface area contributed by atoms with Gasteiger partial charge in [-0.2, -0.15) is 0 Å². The highest BCUT2D eigenvalue weighted by molar-refractivity contribution is 9.09. The fraction of sp³-hybridized carbons (Fsp3) is 0.154. The van der Waals surface area contributed by atoms with Gasteiger partial charge in [0, 0.05) is 23.2 Å². The third-order valence-electron chi connectivity index (χ3n) is 2.82. The Morgan fingerprint density at radius 1 is 1.28 bits per heavy atom. The highest BCUT2D eigenvalue weighted by Gasteiger charge is 2.09. The van der Waals surface area contributed by atoms with Gasteiger partial charge in [-0.1, -0.05) is 33.3 Å².